The SMILES string of the molecule is CC1(C)c2ccccc2-c2ccc(-c3cc(-c4ccccc4)cc(-c4nc(-c5ccccc5)cc(-c5cccc(-c6cccnc6)c5)n4)c3)cc21. The summed E-state index contributed by atoms with van der Waals surface area (Å²) in [5.41, 5.74) is 16.8. The Labute approximate surface area is 299 Å². The quantitative estimate of drug-likeness (QED) is 0.179. The lowest BCUT2D eigenvalue weighted by Gasteiger charge is -2.22. The van der Waals surface area contributed by atoms with Crippen molar-refractivity contribution in [2.24, 2.45) is 0 Å². The van der Waals surface area contributed by atoms with Crippen LogP contribution < -0.4 is 0 Å². The zero-order chi connectivity index (χ0) is 34.4. The van der Waals surface area contributed by atoms with Crippen LogP contribution in [0.5, 0.6) is 0 Å². The maximum atomic E-state index is 5.29. The number of hydrogen-bond donors (Lipinski definition) is 0. The molecule has 51 heavy (non-hydrogen) atoms. The molecule has 3 heteroatoms. The van der Waals surface area contributed by atoms with Gasteiger partial charge in [0, 0.05) is 40.1 Å². The van der Waals surface area contributed by atoms with Crippen LogP contribution in [0.25, 0.3) is 78.4 Å². The van der Waals surface area contributed by atoms with E-state index >= 15 is 0 Å². The average molecular weight is 654 g/mol. The zero-order valence-electron chi connectivity index (χ0n) is 28.6. The third-order valence-electron chi connectivity index (χ3n) is 10.2. The molecule has 0 saturated carbocycles. The molecule has 0 aliphatic heterocycles. The van der Waals surface area contributed by atoms with Crippen LogP contribution in [-0.4, -0.2) is 15.0 Å². The van der Waals surface area contributed by atoms with E-state index in [9.17, 15) is 0 Å². The highest BCUT2D eigenvalue weighted by atomic mass is 14.9. The molecule has 242 valence electrons. The van der Waals surface area contributed by atoms with Gasteiger partial charge in [0.05, 0.1) is 11.4 Å². The van der Waals surface area contributed by atoms with E-state index in [1.54, 1.807) is 6.20 Å². The van der Waals surface area contributed by atoms with E-state index in [1.807, 2.05) is 18.3 Å². The predicted molar refractivity (Wildman–Crippen MR) is 210 cm³/mol. The zero-order valence-corrected chi connectivity index (χ0v) is 28.6. The Bertz CT molecular complexity index is 2540. The van der Waals surface area contributed by atoms with Crippen molar-refractivity contribution in [3.63, 3.8) is 0 Å². The molecular formula is C48H35N3. The van der Waals surface area contributed by atoms with Crippen molar-refractivity contribution in [1.29, 1.82) is 0 Å². The Balaban J connectivity index is 1.23. The molecule has 6 aromatic carbocycles. The summed E-state index contributed by atoms with van der Waals surface area (Å²) in [5.74, 6) is 0.686. The average Bonchev–Trinajstić information content (AvgIpc) is 3.44. The lowest BCUT2D eigenvalue weighted by Crippen LogP contribution is -2.14. The molecule has 0 N–H and O–H groups in total. The van der Waals surface area contributed by atoms with Crippen molar-refractivity contribution < 1.29 is 0 Å². The third kappa shape index (κ3) is 5.63. The van der Waals surface area contributed by atoms with Crippen molar-refractivity contribution in [1.82, 2.24) is 15.0 Å². The Morgan fingerprint density at radius 3 is 1.71 bits per heavy atom. The van der Waals surface area contributed by atoms with Gasteiger partial charge < -0.3 is 0 Å². The Kier molecular flexibility index (Phi) is 7.48. The first kappa shape index (κ1) is 30.6. The fraction of sp³-hybridized carbons (Fsp3) is 0.0625. The molecule has 0 atom stereocenters. The van der Waals surface area contributed by atoms with Crippen molar-refractivity contribution in [2.45, 2.75) is 19.3 Å². The van der Waals surface area contributed by atoms with E-state index in [0.717, 1.165) is 55.9 Å². The number of pyridine rings is 1. The summed E-state index contributed by atoms with van der Waals surface area (Å²) in [6, 6.07) is 58.2. The van der Waals surface area contributed by atoms with Gasteiger partial charge in [0.1, 0.15) is 0 Å². The van der Waals surface area contributed by atoms with E-state index < -0.39 is 0 Å². The molecule has 0 bridgehead atoms. The topological polar surface area (TPSA) is 38.7 Å². The molecule has 1 aliphatic carbocycles. The highest BCUT2D eigenvalue weighted by Gasteiger charge is 2.35. The summed E-state index contributed by atoms with van der Waals surface area (Å²) in [4.78, 5) is 14.9. The van der Waals surface area contributed by atoms with Gasteiger partial charge in [-0.3, -0.25) is 4.98 Å². The molecule has 2 heterocycles. The second-order valence-corrected chi connectivity index (χ2v) is 13.7. The Morgan fingerprint density at radius 2 is 0.941 bits per heavy atom. The molecule has 0 unspecified atom stereocenters. The van der Waals surface area contributed by atoms with Crippen LogP contribution >= 0.6 is 0 Å². The van der Waals surface area contributed by atoms with Crippen LogP contribution in [0.4, 0.5) is 0 Å². The molecular weight excluding hydrogens is 619 g/mol. The Hall–Kier alpha value is -6.45. The molecule has 0 spiro atoms. The number of rotatable bonds is 6. The number of fused-ring (bicyclic) bond motifs is 3. The minimum absolute atomic E-state index is 0.0891. The first-order chi connectivity index (χ1) is 25.0. The number of nitrogens with zero attached hydrogens (tertiary/aromatic N) is 3. The van der Waals surface area contributed by atoms with Crippen molar-refractivity contribution in [3.05, 3.63) is 187 Å². The largest absolute Gasteiger partial charge is 0.264 e. The van der Waals surface area contributed by atoms with Gasteiger partial charge in [0.2, 0.25) is 0 Å². The molecule has 2 aromatic heterocycles. The van der Waals surface area contributed by atoms with Crippen molar-refractivity contribution in [3.8, 4) is 78.4 Å². The predicted octanol–water partition coefficient (Wildman–Crippen LogP) is 12.2. The van der Waals surface area contributed by atoms with Crippen LogP contribution in [0.3, 0.4) is 0 Å². The van der Waals surface area contributed by atoms with Crippen LogP contribution in [0.15, 0.2) is 176 Å². The first-order valence-electron chi connectivity index (χ1n) is 17.4. The van der Waals surface area contributed by atoms with Crippen LogP contribution in [0.2, 0.25) is 0 Å². The van der Waals surface area contributed by atoms with Gasteiger partial charge in [-0.2, -0.15) is 0 Å². The highest BCUT2D eigenvalue weighted by Crippen LogP contribution is 2.49. The summed E-state index contributed by atoms with van der Waals surface area (Å²) in [6.45, 7) is 4.67. The third-order valence-corrected chi connectivity index (χ3v) is 10.2. The molecule has 0 radical (unpaired) electrons. The summed E-state index contributed by atoms with van der Waals surface area (Å²) in [5, 5.41) is 0. The van der Waals surface area contributed by atoms with Gasteiger partial charge in [-0.15, -0.1) is 0 Å². The number of aromatic nitrogens is 3. The van der Waals surface area contributed by atoms with Gasteiger partial charge in [0.25, 0.3) is 0 Å². The van der Waals surface area contributed by atoms with Gasteiger partial charge in [0.15, 0.2) is 5.82 Å². The van der Waals surface area contributed by atoms with Crippen molar-refractivity contribution in [2.75, 3.05) is 0 Å². The van der Waals surface area contributed by atoms with E-state index in [-0.39, 0.29) is 5.41 Å². The van der Waals surface area contributed by atoms with E-state index in [4.69, 9.17) is 9.97 Å². The van der Waals surface area contributed by atoms with E-state index in [0.29, 0.717) is 5.82 Å². The molecule has 0 fully saturated rings. The van der Waals surface area contributed by atoms with Gasteiger partial charge in [-0.25, -0.2) is 9.97 Å². The monoisotopic (exact) mass is 653 g/mol. The fourth-order valence-corrected chi connectivity index (χ4v) is 7.48. The second kappa shape index (κ2) is 12.5. The minimum atomic E-state index is -0.0891. The Morgan fingerprint density at radius 1 is 0.373 bits per heavy atom. The summed E-state index contributed by atoms with van der Waals surface area (Å²) in [7, 11) is 0. The normalized spacial score (nSPS) is 12.7. The lowest BCUT2D eigenvalue weighted by atomic mass is 9.81. The van der Waals surface area contributed by atoms with Crippen LogP contribution in [0.1, 0.15) is 25.0 Å². The summed E-state index contributed by atoms with van der Waals surface area (Å²) < 4.78 is 0. The molecule has 1 aliphatic rings. The first-order valence-corrected chi connectivity index (χ1v) is 17.4. The molecule has 0 saturated heterocycles. The summed E-state index contributed by atoms with van der Waals surface area (Å²) >= 11 is 0. The van der Waals surface area contributed by atoms with Crippen molar-refractivity contribution >= 4 is 0 Å². The second-order valence-electron chi connectivity index (χ2n) is 13.7. The number of hydrogen-bond acceptors (Lipinski definition) is 3. The van der Waals surface area contributed by atoms with Gasteiger partial charge in [-0.05, 0) is 92.5 Å². The number of benzene rings is 6. The minimum Gasteiger partial charge on any atom is -0.264 e. The van der Waals surface area contributed by atoms with E-state index in [1.165, 1.54) is 27.8 Å². The smallest absolute Gasteiger partial charge is 0.160 e. The molecule has 8 aromatic rings. The lowest BCUT2D eigenvalue weighted by molar-refractivity contribution is 0.660. The van der Waals surface area contributed by atoms with Crippen LogP contribution in [-0.2, 0) is 5.41 Å². The molecule has 9 rings (SSSR count). The standard InChI is InChI=1S/C48H35N3/c1-48(2)43-21-10-9-20-41(43)42-23-22-35(29-44(42)48)39-26-38(32-13-5-3-6-14-32)27-40(28-39)47-50-45(33-15-7-4-8-16-33)30-46(51-47)36-18-11-17-34(25-36)37-19-12-24-49-31-37/h3-31H,1-2H3. The molecule has 0 amide bonds. The van der Waals surface area contributed by atoms with Crippen LogP contribution in [0, 0.1) is 0 Å². The summed E-state index contributed by atoms with van der Waals surface area (Å²) in [6.07, 6.45) is 3.70. The van der Waals surface area contributed by atoms with Gasteiger partial charge in [-0.1, -0.05) is 135 Å². The highest BCUT2D eigenvalue weighted by molar-refractivity contribution is 5.86. The fourth-order valence-electron chi connectivity index (χ4n) is 7.48. The molecule has 3 nitrogen and oxygen atoms in total. The maximum absolute atomic E-state index is 5.29. The van der Waals surface area contributed by atoms with E-state index in [2.05, 4.69) is 170 Å². The van der Waals surface area contributed by atoms with Gasteiger partial charge >= 0.3 is 0 Å². The maximum Gasteiger partial charge on any atom is 0.160 e.